The van der Waals surface area contributed by atoms with Crippen molar-refractivity contribution < 1.29 is 4.79 Å². The fourth-order valence-electron chi connectivity index (χ4n) is 5.23. The van der Waals surface area contributed by atoms with Crippen LogP contribution in [0.2, 0.25) is 0 Å². The van der Waals surface area contributed by atoms with Gasteiger partial charge in [0.1, 0.15) is 0 Å². The number of carbonyl (C=O) groups is 1. The molecule has 2 amide bonds. The van der Waals surface area contributed by atoms with Crippen molar-refractivity contribution in [3.05, 3.63) is 72.3 Å². The number of hydrogen-bond donors (Lipinski definition) is 1. The Balaban J connectivity index is 1.14. The number of anilines is 2. The number of likely N-dealkylation sites (N-methyl/N-ethyl adjacent to an activating group) is 1. The highest BCUT2D eigenvalue weighted by Crippen LogP contribution is 2.31. The third kappa shape index (κ3) is 4.83. The fourth-order valence-corrected chi connectivity index (χ4v) is 5.23. The number of nitrogens with zero attached hydrogens (tertiary/aromatic N) is 3. The number of nitrogens with one attached hydrogen (secondary N) is 1. The molecule has 33 heavy (non-hydrogen) atoms. The minimum atomic E-state index is 0.00792. The number of piperidine rings is 1. The van der Waals surface area contributed by atoms with Gasteiger partial charge in [-0.1, -0.05) is 42.5 Å². The van der Waals surface area contributed by atoms with Crippen molar-refractivity contribution in [3.8, 4) is 0 Å². The first-order valence-corrected chi connectivity index (χ1v) is 12.1. The van der Waals surface area contributed by atoms with Gasteiger partial charge < -0.3 is 20.0 Å². The van der Waals surface area contributed by atoms with Crippen LogP contribution in [0.1, 0.15) is 30.7 Å². The molecule has 0 radical (unpaired) electrons. The second kappa shape index (κ2) is 9.44. The molecule has 2 saturated heterocycles. The van der Waals surface area contributed by atoms with Crippen LogP contribution in [0.5, 0.6) is 0 Å². The van der Waals surface area contributed by atoms with Crippen LogP contribution in [0, 0.1) is 0 Å². The number of amides is 2. The molecule has 0 aliphatic carbocycles. The largest absolute Gasteiger partial charge is 0.370 e. The van der Waals surface area contributed by atoms with Gasteiger partial charge >= 0.3 is 6.03 Å². The van der Waals surface area contributed by atoms with E-state index in [1.807, 2.05) is 17.0 Å². The summed E-state index contributed by atoms with van der Waals surface area (Å²) in [6.07, 6.45) is 3.21. The van der Waals surface area contributed by atoms with E-state index in [1.54, 1.807) is 0 Å². The molecule has 0 saturated carbocycles. The summed E-state index contributed by atoms with van der Waals surface area (Å²) in [5, 5.41) is 5.68. The number of urea groups is 1. The van der Waals surface area contributed by atoms with Crippen LogP contribution in [0.4, 0.5) is 16.2 Å². The van der Waals surface area contributed by atoms with Crippen LogP contribution in [0.15, 0.2) is 66.7 Å². The lowest BCUT2D eigenvalue weighted by Crippen LogP contribution is -2.40. The van der Waals surface area contributed by atoms with Gasteiger partial charge in [0.15, 0.2) is 0 Å². The van der Waals surface area contributed by atoms with E-state index in [0.717, 1.165) is 44.7 Å². The summed E-state index contributed by atoms with van der Waals surface area (Å²) in [5.41, 5.74) is 3.49. The molecule has 172 valence electrons. The summed E-state index contributed by atoms with van der Waals surface area (Å²) in [7, 11) is 4.30. The molecular weight excluding hydrogens is 408 g/mol. The first kappa shape index (κ1) is 21.8. The van der Waals surface area contributed by atoms with Gasteiger partial charge in [-0.2, -0.15) is 0 Å². The number of fused-ring (bicyclic) bond motifs is 1. The molecule has 5 nitrogen and oxygen atoms in total. The summed E-state index contributed by atoms with van der Waals surface area (Å²) in [6.45, 7) is 3.73. The number of rotatable bonds is 4. The summed E-state index contributed by atoms with van der Waals surface area (Å²) in [4.78, 5) is 19.5. The smallest absolute Gasteiger partial charge is 0.321 e. The predicted octanol–water partition coefficient (Wildman–Crippen LogP) is 5.39. The molecule has 1 N–H and O–H groups in total. The molecule has 5 rings (SSSR count). The number of carbonyl (C=O) groups excluding carboxylic acids is 1. The van der Waals surface area contributed by atoms with Crippen molar-refractivity contribution in [3.63, 3.8) is 0 Å². The standard InChI is InChI=1S/C28H34N4O/c1-30(2)27-15-18-32(20-27)26-11-9-25(10-12-26)29-28(33)31-16-13-22(14-17-31)24-8-7-21-5-3-4-6-23(21)19-24/h3-12,19,22,27H,13-18,20H2,1-2H3,(H,29,33). The van der Waals surface area contributed by atoms with Crippen molar-refractivity contribution in [2.75, 3.05) is 50.5 Å². The topological polar surface area (TPSA) is 38.8 Å². The van der Waals surface area contributed by atoms with Crippen molar-refractivity contribution in [2.45, 2.75) is 31.2 Å². The highest BCUT2D eigenvalue weighted by Gasteiger charge is 2.25. The Morgan fingerprint density at radius 2 is 1.61 bits per heavy atom. The maximum absolute atomic E-state index is 12.8. The number of benzene rings is 3. The van der Waals surface area contributed by atoms with Crippen molar-refractivity contribution >= 4 is 28.2 Å². The lowest BCUT2D eigenvalue weighted by atomic mass is 9.88. The third-order valence-corrected chi connectivity index (χ3v) is 7.40. The molecule has 1 unspecified atom stereocenters. The van der Waals surface area contributed by atoms with Gasteiger partial charge in [0.2, 0.25) is 0 Å². The lowest BCUT2D eigenvalue weighted by molar-refractivity contribution is 0.194. The zero-order valence-electron chi connectivity index (χ0n) is 19.7. The minimum absolute atomic E-state index is 0.00792. The Kier molecular flexibility index (Phi) is 6.23. The van der Waals surface area contributed by atoms with Gasteiger partial charge in [-0.3, -0.25) is 0 Å². The Hall–Kier alpha value is -3.05. The van der Waals surface area contributed by atoms with Gasteiger partial charge in [-0.05, 0) is 79.9 Å². The van der Waals surface area contributed by atoms with Gasteiger partial charge in [0, 0.05) is 43.6 Å². The Morgan fingerprint density at radius 1 is 0.879 bits per heavy atom. The van der Waals surface area contributed by atoms with Crippen LogP contribution in [0.25, 0.3) is 10.8 Å². The molecule has 0 bridgehead atoms. The molecule has 3 aromatic carbocycles. The van der Waals surface area contributed by atoms with Crippen LogP contribution in [-0.2, 0) is 0 Å². The lowest BCUT2D eigenvalue weighted by Gasteiger charge is -2.32. The average Bonchev–Trinajstić information content (AvgIpc) is 3.35. The van der Waals surface area contributed by atoms with Crippen LogP contribution in [-0.4, -0.2) is 62.1 Å². The molecule has 2 fully saturated rings. The zero-order valence-corrected chi connectivity index (χ0v) is 19.7. The Labute approximate surface area is 197 Å². The minimum Gasteiger partial charge on any atom is -0.370 e. The number of hydrogen-bond acceptors (Lipinski definition) is 3. The highest BCUT2D eigenvalue weighted by atomic mass is 16.2. The summed E-state index contributed by atoms with van der Waals surface area (Å²) in [5.74, 6) is 0.518. The molecule has 0 spiro atoms. The Morgan fingerprint density at radius 3 is 2.30 bits per heavy atom. The maximum atomic E-state index is 12.8. The molecule has 0 aromatic heterocycles. The molecule has 5 heteroatoms. The molecule has 1 atom stereocenters. The predicted molar refractivity (Wildman–Crippen MR) is 137 cm³/mol. The second-order valence-electron chi connectivity index (χ2n) is 9.70. The first-order chi connectivity index (χ1) is 16.1. The first-order valence-electron chi connectivity index (χ1n) is 12.1. The van der Waals surface area contributed by atoms with E-state index >= 15 is 0 Å². The van der Waals surface area contributed by atoms with E-state index in [4.69, 9.17) is 0 Å². The van der Waals surface area contributed by atoms with Crippen molar-refractivity contribution in [2.24, 2.45) is 0 Å². The van der Waals surface area contributed by atoms with E-state index in [9.17, 15) is 4.79 Å². The van der Waals surface area contributed by atoms with E-state index in [0.29, 0.717) is 12.0 Å². The Bertz CT molecular complexity index is 1100. The molecule has 2 heterocycles. The van der Waals surface area contributed by atoms with Crippen molar-refractivity contribution in [1.82, 2.24) is 9.80 Å². The van der Waals surface area contributed by atoms with Gasteiger partial charge in [0.05, 0.1) is 0 Å². The molecular formula is C28H34N4O. The van der Waals surface area contributed by atoms with Crippen molar-refractivity contribution in [1.29, 1.82) is 0 Å². The summed E-state index contributed by atoms with van der Waals surface area (Å²) < 4.78 is 0. The fraction of sp³-hybridized carbons (Fsp3) is 0.393. The summed E-state index contributed by atoms with van der Waals surface area (Å²) in [6, 6.07) is 24.2. The molecule has 2 aliphatic heterocycles. The maximum Gasteiger partial charge on any atom is 0.321 e. The number of likely N-dealkylation sites (tertiary alicyclic amines) is 1. The SMILES string of the molecule is CN(C)C1CCN(c2ccc(NC(=O)N3CCC(c4ccc5ccccc5c4)CC3)cc2)C1. The van der Waals surface area contributed by atoms with E-state index in [-0.39, 0.29) is 6.03 Å². The van der Waals surface area contributed by atoms with Gasteiger partial charge in [-0.25, -0.2) is 4.79 Å². The molecule has 3 aromatic rings. The van der Waals surface area contributed by atoms with Crippen LogP contribution >= 0.6 is 0 Å². The third-order valence-electron chi connectivity index (χ3n) is 7.40. The highest BCUT2D eigenvalue weighted by molar-refractivity contribution is 5.89. The van der Waals surface area contributed by atoms with E-state index in [2.05, 4.69) is 83.8 Å². The zero-order chi connectivity index (χ0) is 22.8. The van der Waals surface area contributed by atoms with Crippen LogP contribution < -0.4 is 10.2 Å². The van der Waals surface area contributed by atoms with E-state index < -0.39 is 0 Å². The summed E-state index contributed by atoms with van der Waals surface area (Å²) >= 11 is 0. The van der Waals surface area contributed by atoms with Gasteiger partial charge in [0.25, 0.3) is 0 Å². The second-order valence-corrected chi connectivity index (χ2v) is 9.70. The quantitative estimate of drug-likeness (QED) is 0.589. The monoisotopic (exact) mass is 442 g/mol. The molecule has 2 aliphatic rings. The normalized spacial score (nSPS) is 19.4. The van der Waals surface area contributed by atoms with Crippen LogP contribution in [0.3, 0.4) is 0 Å². The average molecular weight is 443 g/mol. The van der Waals surface area contributed by atoms with Gasteiger partial charge in [-0.15, -0.1) is 0 Å². The van der Waals surface area contributed by atoms with E-state index in [1.165, 1.54) is 28.4 Å².